The first-order valence-corrected chi connectivity index (χ1v) is 3.38. The predicted octanol–water partition coefficient (Wildman–Crippen LogP) is 1.28. The Morgan fingerprint density at radius 2 is 2.17 bits per heavy atom. The molecule has 0 saturated carbocycles. The second-order valence-electron chi connectivity index (χ2n) is 2.15. The van der Waals surface area contributed by atoms with E-state index >= 15 is 0 Å². The zero-order valence-corrected chi connectivity index (χ0v) is 6.60. The summed E-state index contributed by atoms with van der Waals surface area (Å²) in [7, 11) is 0. The standard InChI is InChI=1S/C7H5ClFNO2/c8-3-1-4(7(10)12)6(11)5(9)2-3/h1-2,11H,(H2,10,12). The van der Waals surface area contributed by atoms with Crippen LogP contribution in [0.3, 0.4) is 0 Å². The van der Waals surface area contributed by atoms with Crippen molar-refractivity contribution in [3.05, 3.63) is 28.5 Å². The van der Waals surface area contributed by atoms with Crippen LogP contribution < -0.4 is 5.73 Å². The Morgan fingerprint density at radius 3 is 2.67 bits per heavy atom. The normalized spacial score (nSPS) is 9.83. The van der Waals surface area contributed by atoms with Crippen molar-refractivity contribution in [1.82, 2.24) is 0 Å². The molecular weight excluding hydrogens is 185 g/mol. The lowest BCUT2D eigenvalue weighted by molar-refractivity contribution is 0.0997. The fourth-order valence-corrected chi connectivity index (χ4v) is 0.959. The van der Waals surface area contributed by atoms with Gasteiger partial charge in [-0.15, -0.1) is 0 Å². The molecule has 5 heteroatoms. The number of hydrogen-bond acceptors (Lipinski definition) is 2. The molecule has 0 aliphatic rings. The van der Waals surface area contributed by atoms with Crippen LogP contribution in [0.15, 0.2) is 12.1 Å². The number of hydrogen-bond donors (Lipinski definition) is 2. The van der Waals surface area contributed by atoms with Gasteiger partial charge in [-0.1, -0.05) is 11.6 Å². The predicted molar refractivity (Wildman–Crippen MR) is 41.6 cm³/mol. The maximum absolute atomic E-state index is 12.7. The lowest BCUT2D eigenvalue weighted by Gasteiger charge is -2.01. The zero-order valence-electron chi connectivity index (χ0n) is 5.84. The molecule has 1 amide bonds. The molecule has 0 saturated heterocycles. The third-order valence-corrected chi connectivity index (χ3v) is 1.51. The molecular formula is C7H5ClFNO2. The number of amides is 1. The van der Waals surface area contributed by atoms with Gasteiger partial charge in [0.15, 0.2) is 11.6 Å². The van der Waals surface area contributed by atoms with Crippen LogP contribution in [-0.4, -0.2) is 11.0 Å². The first-order chi connectivity index (χ1) is 5.52. The van der Waals surface area contributed by atoms with Crippen LogP contribution in [-0.2, 0) is 0 Å². The summed E-state index contributed by atoms with van der Waals surface area (Å²) >= 11 is 5.41. The molecule has 0 aromatic heterocycles. The smallest absolute Gasteiger partial charge is 0.252 e. The molecule has 0 unspecified atom stereocenters. The number of aromatic hydroxyl groups is 1. The number of phenols is 1. The van der Waals surface area contributed by atoms with E-state index in [4.69, 9.17) is 22.4 Å². The molecule has 3 nitrogen and oxygen atoms in total. The number of nitrogens with two attached hydrogens (primary N) is 1. The van der Waals surface area contributed by atoms with Gasteiger partial charge in [-0.05, 0) is 12.1 Å². The molecule has 64 valence electrons. The summed E-state index contributed by atoms with van der Waals surface area (Å²) < 4.78 is 12.7. The molecule has 0 spiro atoms. The topological polar surface area (TPSA) is 63.3 Å². The summed E-state index contributed by atoms with van der Waals surface area (Å²) in [5.74, 6) is -2.66. The molecule has 0 aliphatic carbocycles. The Hall–Kier alpha value is -1.29. The van der Waals surface area contributed by atoms with E-state index in [1.54, 1.807) is 0 Å². The Bertz CT molecular complexity index is 340. The molecule has 0 atom stereocenters. The monoisotopic (exact) mass is 189 g/mol. The van der Waals surface area contributed by atoms with Gasteiger partial charge in [0.05, 0.1) is 5.56 Å². The van der Waals surface area contributed by atoms with Crippen molar-refractivity contribution in [2.45, 2.75) is 0 Å². The van der Waals surface area contributed by atoms with Gasteiger partial charge in [-0.2, -0.15) is 0 Å². The molecule has 0 aliphatic heterocycles. The van der Waals surface area contributed by atoms with Crippen LogP contribution in [0.2, 0.25) is 5.02 Å². The van der Waals surface area contributed by atoms with E-state index in [1.807, 2.05) is 0 Å². The summed E-state index contributed by atoms with van der Waals surface area (Å²) in [4.78, 5) is 10.6. The molecule has 1 rings (SSSR count). The average molecular weight is 190 g/mol. The second-order valence-corrected chi connectivity index (χ2v) is 2.58. The van der Waals surface area contributed by atoms with Gasteiger partial charge in [0.25, 0.3) is 5.91 Å². The van der Waals surface area contributed by atoms with Gasteiger partial charge in [0, 0.05) is 5.02 Å². The highest BCUT2D eigenvalue weighted by Crippen LogP contribution is 2.24. The third-order valence-electron chi connectivity index (χ3n) is 1.29. The second kappa shape index (κ2) is 2.98. The highest BCUT2D eigenvalue weighted by Gasteiger charge is 2.12. The fourth-order valence-electron chi connectivity index (χ4n) is 0.754. The van der Waals surface area contributed by atoms with Gasteiger partial charge in [-0.3, -0.25) is 4.79 Å². The third kappa shape index (κ3) is 1.48. The van der Waals surface area contributed by atoms with Gasteiger partial charge in [0.1, 0.15) is 0 Å². The van der Waals surface area contributed by atoms with Crippen molar-refractivity contribution < 1.29 is 14.3 Å². The van der Waals surface area contributed by atoms with Crippen molar-refractivity contribution >= 4 is 17.5 Å². The molecule has 1 aromatic rings. The lowest BCUT2D eigenvalue weighted by atomic mass is 10.2. The molecule has 12 heavy (non-hydrogen) atoms. The summed E-state index contributed by atoms with van der Waals surface area (Å²) in [6, 6.07) is 1.99. The summed E-state index contributed by atoms with van der Waals surface area (Å²) in [6.45, 7) is 0. The molecule has 3 N–H and O–H groups in total. The van der Waals surface area contributed by atoms with Crippen molar-refractivity contribution in [1.29, 1.82) is 0 Å². The van der Waals surface area contributed by atoms with Crippen molar-refractivity contribution in [2.24, 2.45) is 5.73 Å². The SMILES string of the molecule is NC(=O)c1cc(Cl)cc(F)c1O. The molecule has 0 heterocycles. The summed E-state index contributed by atoms with van der Waals surface area (Å²) in [6.07, 6.45) is 0. The molecule has 1 aromatic carbocycles. The fraction of sp³-hybridized carbons (Fsp3) is 0. The van der Waals surface area contributed by atoms with Crippen molar-refractivity contribution in [2.75, 3.05) is 0 Å². The first-order valence-electron chi connectivity index (χ1n) is 3.00. The first kappa shape index (κ1) is 8.80. The molecule has 0 radical (unpaired) electrons. The van der Waals surface area contributed by atoms with E-state index in [0.29, 0.717) is 0 Å². The minimum Gasteiger partial charge on any atom is -0.504 e. The van der Waals surface area contributed by atoms with E-state index in [0.717, 1.165) is 12.1 Å². The van der Waals surface area contributed by atoms with E-state index in [2.05, 4.69) is 0 Å². The van der Waals surface area contributed by atoms with Crippen molar-refractivity contribution in [3.8, 4) is 5.75 Å². The number of carbonyl (C=O) groups is 1. The highest BCUT2D eigenvalue weighted by molar-refractivity contribution is 6.31. The van der Waals surface area contributed by atoms with Crippen LogP contribution in [0.1, 0.15) is 10.4 Å². The Labute approximate surface area is 72.6 Å². The van der Waals surface area contributed by atoms with Crippen LogP contribution in [0.4, 0.5) is 4.39 Å². The van der Waals surface area contributed by atoms with Crippen LogP contribution in [0.25, 0.3) is 0 Å². The minimum atomic E-state index is -0.962. The highest BCUT2D eigenvalue weighted by atomic mass is 35.5. The van der Waals surface area contributed by atoms with Crippen molar-refractivity contribution in [3.63, 3.8) is 0 Å². The lowest BCUT2D eigenvalue weighted by Crippen LogP contribution is -2.11. The van der Waals surface area contributed by atoms with Gasteiger partial charge >= 0.3 is 0 Å². The van der Waals surface area contributed by atoms with Crippen LogP contribution in [0, 0.1) is 5.82 Å². The maximum Gasteiger partial charge on any atom is 0.252 e. The Morgan fingerprint density at radius 1 is 1.58 bits per heavy atom. The Balaban J connectivity index is 3.37. The molecule has 0 bridgehead atoms. The quantitative estimate of drug-likeness (QED) is 0.699. The Kier molecular flexibility index (Phi) is 2.19. The van der Waals surface area contributed by atoms with Gasteiger partial charge in [-0.25, -0.2) is 4.39 Å². The van der Waals surface area contributed by atoms with Crippen LogP contribution in [0.5, 0.6) is 5.75 Å². The van der Waals surface area contributed by atoms with Gasteiger partial charge in [0.2, 0.25) is 0 Å². The minimum absolute atomic E-state index is 0.0131. The zero-order chi connectivity index (χ0) is 9.30. The number of primary amides is 1. The summed E-state index contributed by atoms with van der Waals surface area (Å²) in [5.41, 5.74) is 4.51. The number of carbonyl (C=O) groups excluding carboxylic acids is 1. The average Bonchev–Trinajstić information content (AvgIpc) is 1.96. The van der Waals surface area contributed by atoms with E-state index in [9.17, 15) is 9.18 Å². The number of benzene rings is 1. The van der Waals surface area contributed by atoms with E-state index in [1.165, 1.54) is 0 Å². The van der Waals surface area contributed by atoms with E-state index in [-0.39, 0.29) is 10.6 Å². The molecule has 0 fully saturated rings. The van der Waals surface area contributed by atoms with E-state index < -0.39 is 17.5 Å². The number of rotatable bonds is 1. The number of halogens is 2. The summed E-state index contributed by atoms with van der Waals surface area (Å²) in [5, 5.41) is 8.97. The largest absolute Gasteiger partial charge is 0.504 e. The van der Waals surface area contributed by atoms with Gasteiger partial charge < -0.3 is 10.8 Å². The maximum atomic E-state index is 12.7. The van der Waals surface area contributed by atoms with Crippen LogP contribution >= 0.6 is 11.6 Å².